The Balaban J connectivity index is 3.02. The Kier molecular flexibility index (Phi) is 3.15. The van der Waals surface area contributed by atoms with E-state index in [1.165, 1.54) is 0 Å². The predicted molar refractivity (Wildman–Crippen MR) is 48.5 cm³/mol. The maximum Gasteiger partial charge on any atom is 0.138 e. The second-order valence-corrected chi connectivity index (χ2v) is 3.23. The summed E-state index contributed by atoms with van der Waals surface area (Å²) < 4.78 is 0. The van der Waals surface area contributed by atoms with Crippen LogP contribution in [0.3, 0.4) is 0 Å². The van der Waals surface area contributed by atoms with Crippen molar-refractivity contribution in [1.29, 1.82) is 5.26 Å². The first kappa shape index (κ1) is 9.11. The summed E-state index contributed by atoms with van der Waals surface area (Å²) in [6.07, 6.45) is -0.512. The molecule has 0 spiro atoms. The van der Waals surface area contributed by atoms with Crippen LogP contribution >= 0.6 is 11.8 Å². The van der Waals surface area contributed by atoms with Gasteiger partial charge in [0.25, 0.3) is 0 Å². The van der Waals surface area contributed by atoms with E-state index in [0.29, 0.717) is 0 Å². The molecule has 0 aliphatic heterocycles. The first-order chi connectivity index (χ1) is 5.75. The zero-order valence-corrected chi connectivity index (χ0v) is 7.51. The highest BCUT2D eigenvalue weighted by Crippen LogP contribution is 2.26. The summed E-state index contributed by atoms with van der Waals surface area (Å²) in [4.78, 5) is 0.829. The zero-order valence-electron chi connectivity index (χ0n) is 6.69. The Bertz CT molecular complexity index is 304. The second kappa shape index (κ2) is 4.15. The fourth-order valence-corrected chi connectivity index (χ4v) is 1.57. The number of aliphatic hydroxyl groups is 1. The van der Waals surface area contributed by atoms with Gasteiger partial charge in [0.05, 0.1) is 6.10 Å². The van der Waals surface area contributed by atoms with Gasteiger partial charge in [-0.1, -0.05) is 18.2 Å². The van der Waals surface area contributed by atoms with Crippen molar-refractivity contribution in [2.75, 3.05) is 0 Å². The van der Waals surface area contributed by atoms with Gasteiger partial charge in [0.1, 0.15) is 5.40 Å². The van der Waals surface area contributed by atoms with Crippen LogP contribution in [-0.2, 0) is 0 Å². The summed E-state index contributed by atoms with van der Waals surface area (Å²) in [6.45, 7) is 1.69. The van der Waals surface area contributed by atoms with Crippen LogP contribution in [0.15, 0.2) is 29.2 Å². The Labute approximate surface area is 75.8 Å². The smallest absolute Gasteiger partial charge is 0.138 e. The molecule has 0 aromatic heterocycles. The molecule has 2 nitrogen and oxygen atoms in total. The van der Waals surface area contributed by atoms with Crippen molar-refractivity contribution in [3.8, 4) is 5.40 Å². The fourth-order valence-electron chi connectivity index (χ4n) is 0.968. The molecule has 62 valence electrons. The van der Waals surface area contributed by atoms with Gasteiger partial charge in [-0.15, -0.1) is 0 Å². The van der Waals surface area contributed by atoms with E-state index in [4.69, 9.17) is 5.26 Å². The van der Waals surface area contributed by atoms with E-state index in [9.17, 15) is 5.11 Å². The van der Waals surface area contributed by atoms with Crippen LogP contribution in [0.4, 0.5) is 0 Å². The zero-order chi connectivity index (χ0) is 8.97. The van der Waals surface area contributed by atoms with Crippen LogP contribution < -0.4 is 0 Å². The molecule has 0 aliphatic carbocycles. The van der Waals surface area contributed by atoms with Crippen molar-refractivity contribution in [3.63, 3.8) is 0 Å². The molecule has 0 saturated carbocycles. The number of hydrogen-bond acceptors (Lipinski definition) is 3. The van der Waals surface area contributed by atoms with E-state index in [0.717, 1.165) is 22.2 Å². The van der Waals surface area contributed by atoms with Gasteiger partial charge < -0.3 is 5.11 Å². The molecule has 12 heavy (non-hydrogen) atoms. The highest BCUT2D eigenvalue weighted by Gasteiger charge is 2.06. The van der Waals surface area contributed by atoms with Crippen molar-refractivity contribution in [2.45, 2.75) is 17.9 Å². The molecule has 0 saturated heterocycles. The van der Waals surface area contributed by atoms with Gasteiger partial charge in [0.15, 0.2) is 0 Å². The third-order valence-corrected chi connectivity index (χ3v) is 2.21. The van der Waals surface area contributed by atoms with Crippen molar-refractivity contribution in [2.24, 2.45) is 0 Å². The van der Waals surface area contributed by atoms with Gasteiger partial charge >= 0.3 is 0 Å². The molecule has 0 aliphatic rings. The molecule has 1 rings (SSSR count). The molecule has 0 bridgehead atoms. The average Bonchev–Trinajstić information content (AvgIpc) is 2.05. The second-order valence-electron chi connectivity index (χ2n) is 2.41. The Morgan fingerprint density at radius 2 is 2.17 bits per heavy atom. The number of nitrogens with zero attached hydrogens (tertiary/aromatic N) is 1. The molecule has 1 aromatic carbocycles. The van der Waals surface area contributed by atoms with E-state index < -0.39 is 6.10 Å². The van der Waals surface area contributed by atoms with Crippen LogP contribution in [-0.4, -0.2) is 5.11 Å². The third kappa shape index (κ3) is 2.00. The lowest BCUT2D eigenvalue weighted by Crippen LogP contribution is -1.92. The highest BCUT2D eigenvalue weighted by atomic mass is 32.2. The monoisotopic (exact) mass is 179 g/mol. The lowest BCUT2D eigenvalue weighted by Gasteiger charge is -2.07. The summed E-state index contributed by atoms with van der Waals surface area (Å²) in [5.74, 6) is 0. The standard InChI is InChI=1S/C9H9NOS/c1-7(11)8-4-2-3-5-9(8)12-6-10/h2-5,7,11H,1H3. The predicted octanol–water partition coefficient (Wildman–Crippen LogP) is 2.31. The van der Waals surface area contributed by atoms with E-state index >= 15 is 0 Å². The summed E-state index contributed by atoms with van der Waals surface area (Å²) >= 11 is 1.08. The van der Waals surface area contributed by atoms with Crippen LogP contribution in [0, 0.1) is 10.7 Å². The minimum atomic E-state index is -0.512. The molecular formula is C9H9NOS. The average molecular weight is 179 g/mol. The highest BCUT2D eigenvalue weighted by molar-refractivity contribution is 8.03. The first-order valence-electron chi connectivity index (χ1n) is 3.58. The molecular weight excluding hydrogens is 170 g/mol. The van der Waals surface area contributed by atoms with Gasteiger partial charge in [0, 0.05) is 4.90 Å². The Morgan fingerprint density at radius 3 is 2.75 bits per heavy atom. The Morgan fingerprint density at radius 1 is 1.50 bits per heavy atom. The van der Waals surface area contributed by atoms with E-state index in [1.54, 1.807) is 6.92 Å². The van der Waals surface area contributed by atoms with Crippen molar-refractivity contribution in [3.05, 3.63) is 29.8 Å². The Hall–Kier alpha value is -0.980. The number of aliphatic hydroxyl groups excluding tert-OH is 1. The minimum Gasteiger partial charge on any atom is -0.389 e. The molecule has 1 unspecified atom stereocenters. The minimum absolute atomic E-state index is 0.512. The van der Waals surface area contributed by atoms with Gasteiger partial charge in [-0.05, 0) is 30.3 Å². The van der Waals surface area contributed by atoms with Crippen molar-refractivity contribution >= 4 is 11.8 Å². The van der Waals surface area contributed by atoms with Gasteiger partial charge in [-0.25, -0.2) is 0 Å². The van der Waals surface area contributed by atoms with Crippen LogP contribution in [0.2, 0.25) is 0 Å². The summed E-state index contributed by atoms with van der Waals surface area (Å²) in [5.41, 5.74) is 0.809. The molecule has 1 N–H and O–H groups in total. The van der Waals surface area contributed by atoms with Gasteiger partial charge in [0.2, 0.25) is 0 Å². The molecule has 0 fully saturated rings. The first-order valence-corrected chi connectivity index (χ1v) is 4.40. The van der Waals surface area contributed by atoms with E-state index in [-0.39, 0.29) is 0 Å². The largest absolute Gasteiger partial charge is 0.389 e. The lowest BCUT2D eigenvalue weighted by molar-refractivity contribution is 0.196. The van der Waals surface area contributed by atoms with Crippen molar-refractivity contribution < 1.29 is 5.11 Å². The number of thiocyanates is 1. The van der Waals surface area contributed by atoms with Crippen molar-refractivity contribution in [1.82, 2.24) is 0 Å². The van der Waals surface area contributed by atoms with Crippen LogP contribution in [0.1, 0.15) is 18.6 Å². The lowest BCUT2D eigenvalue weighted by atomic mass is 10.1. The summed E-state index contributed by atoms with van der Waals surface area (Å²) in [6, 6.07) is 7.36. The number of benzene rings is 1. The fraction of sp³-hybridized carbons (Fsp3) is 0.222. The molecule has 1 aromatic rings. The maximum absolute atomic E-state index is 9.31. The number of thioether (sulfide) groups is 1. The third-order valence-electron chi connectivity index (χ3n) is 1.52. The van der Waals surface area contributed by atoms with Crippen LogP contribution in [0.5, 0.6) is 0 Å². The normalized spacial score (nSPS) is 12.1. The summed E-state index contributed by atoms with van der Waals surface area (Å²) in [7, 11) is 0. The van der Waals surface area contributed by atoms with E-state index in [1.807, 2.05) is 29.7 Å². The number of rotatable bonds is 2. The number of nitriles is 1. The topological polar surface area (TPSA) is 44.0 Å². The quantitative estimate of drug-likeness (QED) is 0.559. The van der Waals surface area contributed by atoms with Gasteiger partial charge in [-0.2, -0.15) is 5.26 Å². The molecule has 0 radical (unpaired) electrons. The molecule has 3 heteroatoms. The summed E-state index contributed by atoms with van der Waals surface area (Å²) in [5, 5.41) is 19.8. The maximum atomic E-state index is 9.31. The van der Waals surface area contributed by atoms with Crippen LogP contribution in [0.25, 0.3) is 0 Å². The molecule has 0 amide bonds. The number of hydrogen-bond donors (Lipinski definition) is 1. The molecule has 1 atom stereocenters. The molecule has 0 heterocycles. The van der Waals surface area contributed by atoms with E-state index in [2.05, 4.69) is 0 Å². The SMILES string of the molecule is CC(O)c1ccccc1SC#N. The van der Waals surface area contributed by atoms with Gasteiger partial charge in [-0.3, -0.25) is 0 Å².